The van der Waals surface area contributed by atoms with Gasteiger partial charge in [0.25, 0.3) is 0 Å². The Morgan fingerprint density at radius 2 is 2.12 bits per heavy atom. The molecule has 0 aliphatic carbocycles. The number of rotatable bonds is 6. The van der Waals surface area contributed by atoms with Crippen LogP contribution >= 0.6 is 11.3 Å². The molecule has 1 N–H and O–H groups in total. The quantitative estimate of drug-likeness (QED) is 0.857. The molecule has 4 nitrogen and oxygen atoms in total. The second-order valence-corrected chi connectivity index (χ2v) is 8.38. The first-order valence-corrected chi connectivity index (χ1v) is 10.3. The molecule has 1 aromatic rings. The van der Waals surface area contributed by atoms with Gasteiger partial charge in [-0.1, -0.05) is 19.9 Å². The van der Waals surface area contributed by atoms with Gasteiger partial charge in [0.1, 0.15) is 0 Å². The Balaban J connectivity index is 1.58. The third kappa shape index (κ3) is 4.58. The van der Waals surface area contributed by atoms with Crippen LogP contribution in [0.1, 0.15) is 50.4 Å². The average Bonchev–Trinajstić information content (AvgIpc) is 3.27. The van der Waals surface area contributed by atoms with Crippen LogP contribution in [-0.4, -0.2) is 54.5 Å². The lowest BCUT2D eigenvalue weighted by molar-refractivity contribution is -0.129. The minimum Gasteiger partial charge on any atom is -0.341 e. The number of piperidine rings is 1. The van der Waals surface area contributed by atoms with E-state index in [1.807, 2.05) is 23.2 Å². The normalized spacial score (nSPS) is 24.4. The van der Waals surface area contributed by atoms with E-state index in [-0.39, 0.29) is 5.91 Å². The van der Waals surface area contributed by atoms with Crippen LogP contribution in [0.3, 0.4) is 0 Å². The Hall–Kier alpha value is -0.910. The highest BCUT2D eigenvalue weighted by Gasteiger charge is 2.29. The van der Waals surface area contributed by atoms with E-state index < -0.39 is 0 Å². The predicted octanol–water partition coefficient (Wildman–Crippen LogP) is 3.12. The second kappa shape index (κ2) is 8.45. The standard InChI is InChI=1S/C19H31N3OS/c1-3-19(23)22-11-8-16(13-22)20-17(18-5-4-12-24-18)14-21-9-6-15(2)7-10-21/h4-5,12,15-17,20H,3,6-11,13-14H2,1-2H3/t16-,17+/m0/s1. The molecule has 2 aliphatic rings. The maximum Gasteiger partial charge on any atom is 0.222 e. The van der Waals surface area contributed by atoms with Crippen LogP contribution in [0.15, 0.2) is 17.5 Å². The zero-order valence-corrected chi connectivity index (χ0v) is 15.9. The highest BCUT2D eigenvalue weighted by molar-refractivity contribution is 7.10. The summed E-state index contributed by atoms with van der Waals surface area (Å²) in [4.78, 5) is 18.0. The van der Waals surface area contributed by atoms with Gasteiger partial charge in [0.05, 0.1) is 6.04 Å². The summed E-state index contributed by atoms with van der Waals surface area (Å²) in [7, 11) is 0. The molecule has 3 heterocycles. The third-order valence-electron chi connectivity index (χ3n) is 5.48. The Morgan fingerprint density at radius 3 is 2.79 bits per heavy atom. The molecular weight excluding hydrogens is 318 g/mol. The molecule has 0 radical (unpaired) electrons. The smallest absolute Gasteiger partial charge is 0.222 e. The first kappa shape index (κ1) is 17.9. The van der Waals surface area contributed by atoms with Gasteiger partial charge in [-0.25, -0.2) is 0 Å². The maximum atomic E-state index is 11.9. The number of likely N-dealkylation sites (tertiary alicyclic amines) is 2. The van der Waals surface area contributed by atoms with Crippen molar-refractivity contribution in [1.29, 1.82) is 0 Å². The fraction of sp³-hybridized carbons (Fsp3) is 0.737. The van der Waals surface area contributed by atoms with E-state index in [4.69, 9.17) is 0 Å². The van der Waals surface area contributed by atoms with Crippen LogP contribution in [0, 0.1) is 5.92 Å². The molecular formula is C19H31N3OS. The van der Waals surface area contributed by atoms with Gasteiger partial charge in [-0.15, -0.1) is 11.3 Å². The summed E-state index contributed by atoms with van der Waals surface area (Å²) in [6.07, 6.45) is 4.33. The monoisotopic (exact) mass is 349 g/mol. The molecule has 2 saturated heterocycles. The summed E-state index contributed by atoms with van der Waals surface area (Å²) in [6.45, 7) is 9.62. The van der Waals surface area contributed by atoms with Gasteiger partial charge in [0, 0.05) is 37.0 Å². The van der Waals surface area contributed by atoms with E-state index in [0.29, 0.717) is 18.5 Å². The third-order valence-corrected chi connectivity index (χ3v) is 6.47. The fourth-order valence-electron chi connectivity index (χ4n) is 3.85. The SMILES string of the molecule is CCC(=O)N1CC[C@H](N[C@H](CN2CCC(C)CC2)c2cccs2)C1. The van der Waals surface area contributed by atoms with Gasteiger partial charge < -0.3 is 15.1 Å². The summed E-state index contributed by atoms with van der Waals surface area (Å²) in [5.41, 5.74) is 0. The summed E-state index contributed by atoms with van der Waals surface area (Å²) < 4.78 is 0. The van der Waals surface area contributed by atoms with Crippen molar-refractivity contribution in [2.75, 3.05) is 32.7 Å². The van der Waals surface area contributed by atoms with Crippen molar-refractivity contribution in [2.24, 2.45) is 5.92 Å². The number of amides is 1. The van der Waals surface area contributed by atoms with Gasteiger partial charge in [0.2, 0.25) is 5.91 Å². The summed E-state index contributed by atoms with van der Waals surface area (Å²) >= 11 is 1.85. The van der Waals surface area contributed by atoms with Gasteiger partial charge in [-0.2, -0.15) is 0 Å². The van der Waals surface area contributed by atoms with E-state index in [2.05, 4.69) is 34.7 Å². The van der Waals surface area contributed by atoms with Gasteiger partial charge in [-0.3, -0.25) is 4.79 Å². The van der Waals surface area contributed by atoms with Crippen LogP contribution < -0.4 is 5.32 Å². The van der Waals surface area contributed by atoms with E-state index in [0.717, 1.165) is 32.0 Å². The molecule has 3 rings (SSSR count). The van der Waals surface area contributed by atoms with Crippen LogP contribution in [-0.2, 0) is 4.79 Å². The van der Waals surface area contributed by atoms with E-state index in [9.17, 15) is 4.79 Å². The Bertz CT molecular complexity index is 511. The molecule has 0 aromatic carbocycles. The van der Waals surface area contributed by atoms with Crippen molar-refractivity contribution in [3.8, 4) is 0 Å². The Kier molecular flexibility index (Phi) is 6.31. The zero-order valence-electron chi connectivity index (χ0n) is 15.0. The molecule has 2 atom stereocenters. The van der Waals surface area contributed by atoms with Crippen molar-refractivity contribution in [2.45, 2.75) is 51.6 Å². The molecule has 0 spiro atoms. The van der Waals surface area contributed by atoms with Crippen molar-refractivity contribution < 1.29 is 4.79 Å². The van der Waals surface area contributed by atoms with E-state index in [1.165, 1.54) is 30.8 Å². The van der Waals surface area contributed by atoms with Crippen LogP contribution in [0.5, 0.6) is 0 Å². The lowest BCUT2D eigenvalue weighted by atomic mass is 9.98. The van der Waals surface area contributed by atoms with E-state index in [1.54, 1.807) is 0 Å². The number of thiophene rings is 1. The van der Waals surface area contributed by atoms with Crippen molar-refractivity contribution in [3.63, 3.8) is 0 Å². The number of hydrogen-bond donors (Lipinski definition) is 1. The fourth-order valence-corrected chi connectivity index (χ4v) is 4.63. The van der Waals surface area contributed by atoms with Gasteiger partial charge >= 0.3 is 0 Å². The molecule has 0 unspecified atom stereocenters. The number of nitrogens with one attached hydrogen (secondary N) is 1. The highest BCUT2D eigenvalue weighted by Crippen LogP contribution is 2.25. The zero-order chi connectivity index (χ0) is 16.9. The second-order valence-electron chi connectivity index (χ2n) is 7.40. The van der Waals surface area contributed by atoms with Crippen LogP contribution in [0.2, 0.25) is 0 Å². The molecule has 2 aliphatic heterocycles. The Labute approximate surface area is 150 Å². The largest absolute Gasteiger partial charge is 0.341 e. The summed E-state index contributed by atoms with van der Waals surface area (Å²) in [6, 6.07) is 5.21. The number of carbonyl (C=O) groups excluding carboxylic acids is 1. The molecule has 1 amide bonds. The van der Waals surface area contributed by atoms with Crippen molar-refractivity contribution >= 4 is 17.2 Å². The molecule has 134 valence electrons. The topological polar surface area (TPSA) is 35.6 Å². The highest BCUT2D eigenvalue weighted by atomic mass is 32.1. The Morgan fingerprint density at radius 1 is 1.33 bits per heavy atom. The maximum absolute atomic E-state index is 11.9. The lowest BCUT2D eigenvalue weighted by Gasteiger charge is -2.34. The van der Waals surface area contributed by atoms with Crippen molar-refractivity contribution in [1.82, 2.24) is 15.1 Å². The minimum absolute atomic E-state index is 0.289. The average molecular weight is 350 g/mol. The first-order valence-electron chi connectivity index (χ1n) is 9.45. The molecule has 5 heteroatoms. The van der Waals surface area contributed by atoms with Crippen LogP contribution in [0.4, 0.5) is 0 Å². The molecule has 24 heavy (non-hydrogen) atoms. The van der Waals surface area contributed by atoms with E-state index >= 15 is 0 Å². The van der Waals surface area contributed by atoms with Gasteiger partial charge in [0.15, 0.2) is 0 Å². The molecule has 1 aromatic heterocycles. The molecule has 0 saturated carbocycles. The molecule has 0 bridgehead atoms. The van der Waals surface area contributed by atoms with Crippen molar-refractivity contribution in [3.05, 3.63) is 22.4 Å². The summed E-state index contributed by atoms with van der Waals surface area (Å²) in [5.74, 6) is 1.16. The number of hydrogen-bond acceptors (Lipinski definition) is 4. The predicted molar refractivity (Wildman–Crippen MR) is 100 cm³/mol. The molecule has 2 fully saturated rings. The summed E-state index contributed by atoms with van der Waals surface area (Å²) in [5, 5.41) is 6.03. The lowest BCUT2D eigenvalue weighted by Crippen LogP contribution is -2.43. The minimum atomic E-state index is 0.289. The number of carbonyl (C=O) groups is 1. The van der Waals surface area contributed by atoms with Crippen LogP contribution in [0.25, 0.3) is 0 Å². The first-order chi connectivity index (χ1) is 11.7. The number of nitrogens with zero attached hydrogens (tertiary/aromatic N) is 2. The van der Waals surface area contributed by atoms with Gasteiger partial charge in [-0.05, 0) is 49.7 Å².